The molecule has 76 valence electrons. The quantitative estimate of drug-likeness (QED) is 0.624. The van der Waals surface area contributed by atoms with Gasteiger partial charge in [-0.05, 0) is 6.07 Å². The predicted octanol–water partition coefficient (Wildman–Crippen LogP) is 1.70. The van der Waals surface area contributed by atoms with Crippen molar-refractivity contribution >= 4 is 23.7 Å². The first-order valence-electron chi connectivity index (χ1n) is 4.17. The van der Waals surface area contributed by atoms with Crippen LogP contribution in [0.25, 0.3) is 0 Å². The monoisotopic (exact) mass is 221 g/mol. The second-order valence-electron chi connectivity index (χ2n) is 2.65. The number of carbonyl (C=O) groups is 1. The van der Waals surface area contributed by atoms with Gasteiger partial charge in [-0.2, -0.15) is 10.4 Å². The standard InChI is InChI=1S/C10H8ClN3O/c11-9-4-2-1-3-8(9)7-13-14-10(15)5-6-12/h1-4,7H,5H2,(H,14,15)/b13-7+. The average molecular weight is 222 g/mol. The lowest BCUT2D eigenvalue weighted by molar-refractivity contribution is -0.120. The van der Waals surface area contributed by atoms with Crippen LogP contribution in [0, 0.1) is 11.3 Å². The number of hydrazone groups is 1. The molecule has 0 heterocycles. The number of hydrogen-bond acceptors (Lipinski definition) is 3. The molecule has 0 aliphatic carbocycles. The third kappa shape index (κ3) is 3.79. The number of amides is 1. The molecule has 5 heteroatoms. The molecular weight excluding hydrogens is 214 g/mol. The summed E-state index contributed by atoms with van der Waals surface area (Å²) in [6.45, 7) is 0. The second-order valence-corrected chi connectivity index (χ2v) is 3.06. The van der Waals surface area contributed by atoms with Crippen LogP contribution in [-0.2, 0) is 4.79 Å². The number of benzene rings is 1. The molecule has 0 spiro atoms. The van der Waals surface area contributed by atoms with Gasteiger partial charge in [0.05, 0.1) is 12.3 Å². The molecule has 0 saturated heterocycles. The van der Waals surface area contributed by atoms with Crippen molar-refractivity contribution in [3.63, 3.8) is 0 Å². The molecule has 0 atom stereocenters. The molecule has 0 saturated carbocycles. The Morgan fingerprint density at radius 3 is 3.00 bits per heavy atom. The van der Waals surface area contributed by atoms with E-state index in [2.05, 4.69) is 10.5 Å². The van der Waals surface area contributed by atoms with Gasteiger partial charge in [-0.3, -0.25) is 4.79 Å². The van der Waals surface area contributed by atoms with E-state index in [1.54, 1.807) is 24.3 Å². The fourth-order valence-electron chi connectivity index (χ4n) is 0.865. The Morgan fingerprint density at radius 2 is 2.33 bits per heavy atom. The van der Waals surface area contributed by atoms with Gasteiger partial charge in [0.15, 0.2) is 0 Å². The molecule has 1 rings (SSSR count). The summed E-state index contributed by atoms with van der Waals surface area (Å²) in [5.74, 6) is -0.444. The Morgan fingerprint density at radius 1 is 1.60 bits per heavy atom. The minimum absolute atomic E-state index is 0.208. The maximum absolute atomic E-state index is 10.8. The van der Waals surface area contributed by atoms with Gasteiger partial charge in [0.1, 0.15) is 6.42 Å². The molecule has 1 amide bonds. The van der Waals surface area contributed by atoms with Crippen molar-refractivity contribution in [2.75, 3.05) is 0 Å². The fourth-order valence-corrected chi connectivity index (χ4v) is 1.05. The van der Waals surface area contributed by atoms with Gasteiger partial charge < -0.3 is 0 Å². The fraction of sp³-hybridized carbons (Fsp3) is 0.100. The van der Waals surface area contributed by atoms with Crippen LogP contribution in [0.15, 0.2) is 29.4 Å². The summed E-state index contributed by atoms with van der Waals surface area (Å²) < 4.78 is 0. The van der Waals surface area contributed by atoms with E-state index < -0.39 is 5.91 Å². The first-order valence-corrected chi connectivity index (χ1v) is 4.55. The minimum atomic E-state index is -0.444. The molecule has 4 nitrogen and oxygen atoms in total. The van der Waals surface area contributed by atoms with Crippen LogP contribution in [0.4, 0.5) is 0 Å². The van der Waals surface area contributed by atoms with Crippen LogP contribution in [0.5, 0.6) is 0 Å². The van der Waals surface area contributed by atoms with Crippen LogP contribution in [-0.4, -0.2) is 12.1 Å². The lowest BCUT2D eigenvalue weighted by Gasteiger charge is -1.96. The van der Waals surface area contributed by atoms with Gasteiger partial charge in [-0.1, -0.05) is 29.8 Å². The van der Waals surface area contributed by atoms with Crippen LogP contribution in [0.1, 0.15) is 12.0 Å². The van der Waals surface area contributed by atoms with Gasteiger partial charge in [-0.25, -0.2) is 5.43 Å². The normalized spacial score (nSPS) is 9.87. The first-order chi connectivity index (χ1) is 7.24. The third-order valence-electron chi connectivity index (χ3n) is 1.54. The van der Waals surface area contributed by atoms with Gasteiger partial charge in [0.2, 0.25) is 0 Å². The van der Waals surface area contributed by atoms with Crippen LogP contribution < -0.4 is 5.43 Å². The Balaban J connectivity index is 2.56. The zero-order chi connectivity index (χ0) is 11.1. The molecule has 0 unspecified atom stereocenters. The Labute approximate surface area is 92.2 Å². The molecule has 1 aromatic carbocycles. The minimum Gasteiger partial charge on any atom is -0.272 e. The molecule has 0 radical (unpaired) electrons. The van der Waals surface area contributed by atoms with Gasteiger partial charge in [-0.15, -0.1) is 0 Å². The number of nitriles is 1. The lowest BCUT2D eigenvalue weighted by atomic mass is 10.2. The second kappa shape index (κ2) is 5.78. The van der Waals surface area contributed by atoms with Crippen LogP contribution >= 0.6 is 11.6 Å². The summed E-state index contributed by atoms with van der Waals surface area (Å²) in [5, 5.41) is 12.4. The van der Waals surface area contributed by atoms with Gasteiger partial charge in [0.25, 0.3) is 5.91 Å². The van der Waals surface area contributed by atoms with Crippen molar-refractivity contribution in [3.05, 3.63) is 34.9 Å². The SMILES string of the molecule is N#CCC(=O)N/N=C/c1ccccc1Cl. The molecule has 0 aromatic heterocycles. The highest BCUT2D eigenvalue weighted by molar-refractivity contribution is 6.33. The molecule has 0 aliphatic rings. The predicted molar refractivity (Wildman–Crippen MR) is 57.4 cm³/mol. The first kappa shape index (κ1) is 11.2. The van der Waals surface area contributed by atoms with E-state index in [4.69, 9.17) is 16.9 Å². The van der Waals surface area contributed by atoms with Crippen molar-refractivity contribution < 1.29 is 4.79 Å². The van der Waals surface area contributed by atoms with E-state index in [0.717, 1.165) is 0 Å². The molecule has 0 bridgehead atoms. The largest absolute Gasteiger partial charge is 0.272 e. The zero-order valence-corrected chi connectivity index (χ0v) is 8.53. The lowest BCUT2D eigenvalue weighted by Crippen LogP contribution is -2.16. The Bertz CT molecular complexity index is 423. The van der Waals surface area contributed by atoms with Gasteiger partial charge >= 0.3 is 0 Å². The van der Waals surface area contributed by atoms with Crippen LogP contribution in [0.2, 0.25) is 5.02 Å². The summed E-state index contributed by atoms with van der Waals surface area (Å²) in [6, 6.07) is 8.81. The summed E-state index contributed by atoms with van der Waals surface area (Å²) in [4.78, 5) is 10.8. The van der Waals surface area contributed by atoms with Crippen LogP contribution in [0.3, 0.4) is 0 Å². The zero-order valence-electron chi connectivity index (χ0n) is 7.77. The molecule has 15 heavy (non-hydrogen) atoms. The molecular formula is C10H8ClN3O. The van der Waals surface area contributed by atoms with Crippen molar-refractivity contribution in [1.29, 1.82) is 5.26 Å². The van der Waals surface area contributed by atoms with E-state index in [9.17, 15) is 4.79 Å². The number of carbonyl (C=O) groups excluding carboxylic acids is 1. The van der Waals surface area contributed by atoms with Crippen molar-refractivity contribution in [1.82, 2.24) is 5.43 Å². The third-order valence-corrected chi connectivity index (χ3v) is 1.88. The number of rotatable bonds is 3. The van der Waals surface area contributed by atoms with Crippen molar-refractivity contribution in [3.8, 4) is 6.07 Å². The summed E-state index contributed by atoms with van der Waals surface area (Å²) >= 11 is 5.84. The van der Waals surface area contributed by atoms with E-state index in [1.165, 1.54) is 6.21 Å². The highest BCUT2D eigenvalue weighted by Gasteiger charge is 1.97. The number of nitrogens with zero attached hydrogens (tertiary/aromatic N) is 2. The molecule has 0 aliphatic heterocycles. The molecule has 1 aromatic rings. The Hall–Kier alpha value is -1.86. The van der Waals surface area contributed by atoms with Crippen molar-refractivity contribution in [2.45, 2.75) is 6.42 Å². The number of hydrogen-bond donors (Lipinski definition) is 1. The van der Waals surface area contributed by atoms with Gasteiger partial charge in [0, 0.05) is 10.6 Å². The smallest absolute Gasteiger partial charge is 0.254 e. The topological polar surface area (TPSA) is 65.2 Å². The summed E-state index contributed by atoms with van der Waals surface area (Å²) in [5.41, 5.74) is 2.91. The molecule has 0 fully saturated rings. The van der Waals surface area contributed by atoms with E-state index >= 15 is 0 Å². The van der Waals surface area contributed by atoms with E-state index in [-0.39, 0.29) is 6.42 Å². The highest BCUT2D eigenvalue weighted by Crippen LogP contribution is 2.11. The summed E-state index contributed by atoms with van der Waals surface area (Å²) in [7, 11) is 0. The molecule has 1 N–H and O–H groups in total. The summed E-state index contributed by atoms with van der Waals surface area (Å²) in [6.07, 6.45) is 1.22. The maximum Gasteiger partial charge on any atom is 0.254 e. The number of halogens is 1. The van der Waals surface area contributed by atoms with E-state index in [1.807, 2.05) is 6.07 Å². The maximum atomic E-state index is 10.8. The Kier molecular flexibility index (Phi) is 4.32. The van der Waals surface area contributed by atoms with E-state index in [0.29, 0.717) is 10.6 Å². The van der Waals surface area contributed by atoms with Crippen molar-refractivity contribution in [2.24, 2.45) is 5.10 Å². The number of nitrogens with one attached hydrogen (secondary N) is 1. The highest BCUT2D eigenvalue weighted by atomic mass is 35.5. The average Bonchev–Trinajstić information content (AvgIpc) is 2.21.